The molecule has 102 valence electrons. The molecule has 0 aliphatic heterocycles. The Bertz CT molecular complexity index is 930. The van der Waals surface area contributed by atoms with Crippen LogP contribution in [0.25, 0.3) is 33.5 Å². The van der Waals surface area contributed by atoms with Crippen molar-refractivity contribution in [3.05, 3.63) is 46.9 Å². The molecular weight excluding hydrogens is 350 g/mol. The van der Waals surface area contributed by atoms with Gasteiger partial charge in [-0.15, -0.1) is 0 Å². The van der Waals surface area contributed by atoms with E-state index in [-0.39, 0.29) is 0 Å². The van der Waals surface area contributed by atoms with Gasteiger partial charge in [0.25, 0.3) is 0 Å². The number of aromatic nitrogens is 5. The Labute approximate surface area is 132 Å². The van der Waals surface area contributed by atoms with E-state index < -0.39 is 0 Å². The van der Waals surface area contributed by atoms with Crippen molar-refractivity contribution in [1.82, 2.24) is 24.2 Å². The summed E-state index contributed by atoms with van der Waals surface area (Å²) >= 11 is 4.69. The molecule has 0 atom stereocenters. The van der Waals surface area contributed by atoms with Crippen molar-refractivity contribution < 1.29 is 0 Å². The van der Waals surface area contributed by atoms with Gasteiger partial charge in [-0.2, -0.15) is 24.2 Å². The molecule has 0 amide bonds. The maximum absolute atomic E-state index is 4.29. The molecule has 2 aromatic heterocycles. The van der Waals surface area contributed by atoms with Crippen LogP contribution in [0.2, 0.25) is 0 Å². The topological polar surface area (TPSA) is 67.3 Å². The average Bonchev–Trinajstić information content (AvgIpc) is 3.15. The van der Waals surface area contributed by atoms with E-state index in [2.05, 4.69) is 40.1 Å². The number of halogens is 1. The lowest BCUT2D eigenvalue weighted by atomic mass is 10.0. The van der Waals surface area contributed by atoms with Gasteiger partial charge in [0, 0.05) is 15.6 Å². The molecule has 5 nitrogen and oxygen atoms in total. The summed E-state index contributed by atoms with van der Waals surface area (Å²) < 4.78 is 9.49. The molecule has 0 bridgehead atoms. The van der Waals surface area contributed by atoms with Crippen molar-refractivity contribution in [2.24, 2.45) is 0 Å². The van der Waals surface area contributed by atoms with Gasteiger partial charge in [0.2, 0.25) is 0 Å². The van der Waals surface area contributed by atoms with Crippen LogP contribution in [0.3, 0.4) is 0 Å². The predicted molar refractivity (Wildman–Crippen MR) is 85.9 cm³/mol. The monoisotopic (exact) mass is 357 g/mol. The van der Waals surface area contributed by atoms with Gasteiger partial charge in [0.15, 0.2) is 0 Å². The van der Waals surface area contributed by atoms with E-state index in [1.807, 2.05) is 42.5 Å². The zero-order valence-corrected chi connectivity index (χ0v) is 13.0. The molecule has 7 heteroatoms. The number of benzene rings is 2. The van der Waals surface area contributed by atoms with Gasteiger partial charge < -0.3 is 0 Å². The highest BCUT2D eigenvalue weighted by molar-refractivity contribution is 9.10. The molecular formula is C14H8BrN5S. The second kappa shape index (κ2) is 5.01. The van der Waals surface area contributed by atoms with Gasteiger partial charge in [-0.25, -0.2) is 0 Å². The summed E-state index contributed by atoms with van der Waals surface area (Å²) in [6, 6.07) is 13.9. The summed E-state index contributed by atoms with van der Waals surface area (Å²) in [5, 5.41) is 11.3. The van der Waals surface area contributed by atoms with Crippen LogP contribution in [0.5, 0.6) is 0 Å². The van der Waals surface area contributed by atoms with Crippen molar-refractivity contribution in [3.63, 3.8) is 0 Å². The van der Waals surface area contributed by atoms with E-state index in [0.717, 1.165) is 38.0 Å². The second-order valence-electron chi connectivity index (χ2n) is 4.50. The lowest BCUT2D eigenvalue weighted by Crippen LogP contribution is -1.84. The quantitative estimate of drug-likeness (QED) is 0.590. The number of nitrogens with one attached hydrogen (secondary N) is 1. The maximum Gasteiger partial charge on any atom is 0.120 e. The number of rotatable bonds is 2. The second-order valence-corrected chi connectivity index (χ2v) is 5.94. The molecule has 1 N–H and O–H groups in total. The smallest absolute Gasteiger partial charge is 0.120 e. The lowest BCUT2D eigenvalue weighted by molar-refractivity contribution is 0.944. The Morgan fingerprint density at radius 2 is 1.62 bits per heavy atom. The number of hydrogen-bond donors (Lipinski definition) is 1. The first-order chi connectivity index (χ1) is 10.3. The summed E-state index contributed by atoms with van der Waals surface area (Å²) in [4.78, 5) is 0. The fourth-order valence-corrected chi connectivity index (χ4v) is 3.12. The number of nitrogens with zero attached hydrogens (tertiary/aromatic N) is 4. The molecule has 0 aliphatic rings. The summed E-state index contributed by atoms with van der Waals surface area (Å²) in [5.41, 5.74) is 5.38. The Kier molecular flexibility index (Phi) is 3.01. The molecule has 0 spiro atoms. The molecule has 0 saturated carbocycles. The van der Waals surface area contributed by atoms with E-state index in [1.54, 1.807) is 0 Å². The highest BCUT2D eigenvalue weighted by Gasteiger charge is 2.13. The Morgan fingerprint density at radius 1 is 0.857 bits per heavy atom. The molecule has 4 aromatic rings. The van der Waals surface area contributed by atoms with Gasteiger partial charge in [-0.05, 0) is 24.3 Å². The standard InChI is InChI=1S/C14H8BrN5S/c15-10-3-1-2-8(6-10)13-14(17-20-16-13)9-4-5-11-12(7-9)19-21-18-11/h1-7H,(H,16,17,20). The number of hydrogen-bond acceptors (Lipinski definition) is 5. The molecule has 0 saturated heterocycles. The van der Waals surface area contributed by atoms with Crippen LogP contribution in [0.1, 0.15) is 0 Å². The third-order valence-corrected chi connectivity index (χ3v) is 4.22. The lowest BCUT2D eigenvalue weighted by Gasteiger charge is -2.02. The van der Waals surface area contributed by atoms with Crippen LogP contribution in [0.4, 0.5) is 0 Å². The van der Waals surface area contributed by atoms with Crippen LogP contribution in [-0.4, -0.2) is 24.2 Å². The molecule has 0 fully saturated rings. The SMILES string of the molecule is Brc1cccc(-c2n[nH]nc2-c2ccc3nsnc3c2)c1. The van der Waals surface area contributed by atoms with Gasteiger partial charge in [-0.1, -0.05) is 34.1 Å². The van der Waals surface area contributed by atoms with Crippen molar-refractivity contribution in [1.29, 1.82) is 0 Å². The van der Waals surface area contributed by atoms with Gasteiger partial charge in [-0.3, -0.25) is 0 Å². The average molecular weight is 358 g/mol. The highest BCUT2D eigenvalue weighted by atomic mass is 79.9. The van der Waals surface area contributed by atoms with Gasteiger partial charge >= 0.3 is 0 Å². The number of fused-ring (bicyclic) bond motifs is 1. The first-order valence-corrected chi connectivity index (χ1v) is 7.73. The van der Waals surface area contributed by atoms with Crippen LogP contribution < -0.4 is 0 Å². The van der Waals surface area contributed by atoms with Crippen LogP contribution in [0, 0.1) is 0 Å². The molecule has 2 heterocycles. The normalized spacial score (nSPS) is 11.1. The van der Waals surface area contributed by atoms with E-state index in [1.165, 1.54) is 11.7 Å². The third kappa shape index (κ3) is 2.24. The molecule has 0 unspecified atom stereocenters. The zero-order chi connectivity index (χ0) is 14.2. The van der Waals surface area contributed by atoms with E-state index in [4.69, 9.17) is 0 Å². The van der Waals surface area contributed by atoms with Crippen molar-refractivity contribution >= 4 is 38.7 Å². The van der Waals surface area contributed by atoms with Crippen LogP contribution >= 0.6 is 27.7 Å². The minimum absolute atomic E-state index is 0.808. The molecule has 0 radical (unpaired) electrons. The Morgan fingerprint density at radius 3 is 2.43 bits per heavy atom. The van der Waals surface area contributed by atoms with E-state index in [9.17, 15) is 0 Å². The maximum atomic E-state index is 4.29. The van der Waals surface area contributed by atoms with Crippen LogP contribution in [-0.2, 0) is 0 Å². The van der Waals surface area contributed by atoms with E-state index >= 15 is 0 Å². The Hall–Kier alpha value is -2.12. The predicted octanol–water partition coefficient (Wildman–Crippen LogP) is 3.91. The molecule has 2 aromatic carbocycles. The molecule has 21 heavy (non-hydrogen) atoms. The largest absolute Gasteiger partial charge is 0.197 e. The fraction of sp³-hybridized carbons (Fsp3) is 0. The first kappa shape index (κ1) is 12.6. The van der Waals surface area contributed by atoms with Gasteiger partial charge in [0.05, 0.1) is 11.7 Å². The summed E-state index contributed by atoms with van der Waals surface area (Å²) in [5.74, 6) is 0. The highest BCUT2D eigenvalue weighted by Crippen LogP contribution is 2.31. The van der Waals surface area contributed by atoms with Crippen molar-refractivity contribution in [2.75, 3.05) is 0 Å². The summed E-state index contributed by atoms with van der Waals surface area (Å²) in [6.07, 6.45) is 0. The Balaban J connectivity index is 1.88. The van der Waals surface area contributed by atoms with Crippen molar-refractivity contribution in [3.8, 4) is 22.5 Å². The van der Waals surface area contributed by atoms with Gasteiger partial charge in [0.1, 0.15) is 22.4 Å². The fourth-order valence-electron chi connectivity index (χ4n) is 2.20. The number of H-pyrrole nitrogens is 1. The summed E-state index contributed by atoms with van der Waals surface area (Å²) in [6.45, 7) is 0. The minimum Gasteiger partial charge on any atom is -0.197 e. The third-order valence-electron chi connectivity index (χ3n) is 3.17. The number of aromatic amines is 1. The van der Waals surface area contributed by atoms with Crippen LogP contribution in [0.15, 0.2) is 46.9 Å². The van der Waals surface area contributed by atoms with Crippen molar-refractivity contribution in [2.45, 2.75) is 0 Å². The molecule has 0 aliphatic carbocycles. The summed E-state index contributed by atoms with van der Waals surface area (Å²) in [7, 11) is 0. The minimum atomic E-state index is 0.808. The van der Waals surface area contributed by atoms with E-state index in [0.29, 0.717) is 0 Å². The first-order valence-electron chi connectivity index (χ1n) is 6.21. The molecule has 4 rings (SSSR count). The zero-order valence-electron chi connectivity index (χ0n) is 10.6.